The van der Waals surface area contributed by atoms with Gasteiger partial charge in [0.1, 0.15) is 6.04 Å². The van der Waals surface area contributed by atoms with Crippen LogP contribution in [0.5, 0.6) is 0 Å². The maximum Gasteiger partial charge on any atom is 0.326 e. The standard InChI is InChI=1S/C15H12F4N2/c16-14(17)15(18,19)13(20)8-5-6-12-10(7-8)9-3-1-2-4-11(9)21-12/h1-7,13-14,21H,20H2. The SMILES string of the molecule is NC(c1ccc2[nH]c3ccccc3c2c1)C(F)(F)C(F)F. The lowest BCUT2D eigenvalue weighted by Crippen LogP contribution is -2.39. The maximum absolute atomic E-state index is 13.4. The molecule has 0 aliphatic rings. The van der Waals surface area contributed by atoms with Gasteiger partial charge in [-0.05, 0) is 23.8 Å². The van der Waals surface area contributed by atoms with Gasteiger partial charge in [0.25, 0.3) is 0 Å². The Bertz CT molecular complexity index is 795. The number of H-pyrrole nitrogens is 1. The van der Waals surface area contributed by atoms with Gasteiger partial charge in [-0.2, -0.15) is 8.78 Å². The molecule has 2 nitrogen and oxygen atoms in total. The summed E-state index contributed by atoms with van der Waals surface area (Å²) in [6.45, 7) is 0. The molecule has 3 rings (SSSR count). The topological polar surface area (TPSA) is 41.8 Å². The zero-order valence-corrected chi connectivity index (χ0v) is 10.8. The molecule has 0 spiro atoms. The molecule has 1 heterocycles. The van der Waals surface area contributed by atoms with Crippen molar-refractivity contribution in [3.63, 3.8) is 0 Å². The summed E-state index contributed by atoms with van der Waals surface area (Å²) in [5, 5.41) is 1.52. The van der Waals surface area contributed by atoms with Crippen molar-refractivity contribution in [1.29, 1.82) is 0 Å². The number of aromatic amines is 1. The normalized spacial score (nSPS) is 14.2. The van der Waals surface area contributed by atoms with Gasteiger partial charge in [0.05, 0.1) is 0 Å². The molecule has 0 radical (unpaired) electrons. The van der Waals surface area contributed by atoms with E-state index in [1.807, 2.05) is 24.3 Å². The van der Waals surface area contributed by atoms with Crippen LogP contribution in [-0.4, -0.2) is 17.3 Å². The van der Waals surface area contributed by atoms with Crippen molar-refractivity contribution in [3.05, 3.63) is 48.0 Å². The highest BCUT2D eigenvalue weighted by atomic mass is 19.3. The molecule has 110 valence electrons. The smallest absolute Gasteiger partial charge is 0.326 e. The van der Waals surface area contributed by atoms with E-state index in [1.54, 1.807) is 6.07 Å². The zero-order chi connectivity index (χ0) is 15.2. The van der Waals surface area contributed by atoms with Crippen molar-refractivity contribution < 1.29 is 17.6 Å². The Kier molecular flexibility index (Phi) is 3.13. The van der Waals surface area contributed by atoms with Gasteiger partial charge in [0.2, 0.25) is 0 Å². The van der Waals surface area contributed by atoms with E-state index in [2.05, 4.69) is 4.98 Å². The van der Waals surface area contributed by atoms with E-state index in [0.717, 1.165) is 16.4 Å². The molecule has 0 saturated heterocycles. The first-order valence-corrected chi connectivity index (χ1v) is 6.33. The average Bonchev–Trinajstić information content (AvgIpc) is 2.84. The Morgan fingerprint density at radius 1 is 0.952 bits per heavy atom. The minimum absolute atomic E-state index is 0.0162. The molecular formula is C15H12F4N2. The monoisotopic (exact) mass is 296 g/mol. The minimum Gasteiger partial charge on any atom is -0.355 e. The van der Waals surface area contributed by atoms with Gasteiger partial charge in [0, 0.05) is 21.8 Å². The molecule has 1 atom stereocenters. The maximum atomic E-state index is 13.4. The predicted molar refractivity (Wildman–Crippen MR) is 73.7 cm³/mol. The summed E-state index contributed by atoms with van der Waals surface area (Å²) in [6.07, 6.45) is -3.80. The molecule has 3 N–H and O–H groups in total. The third-order valence-corrected chi connectivity index (χ3v) is 3.59. The molecule has 0 aliphatic carbocycles. The van der Waals surface area contributed by atoms with E-state index >= 15 is 0 Å². The fraction of sp³-hybridized carbons (Fsp3) is 0.200. The first kappa shape index (κ1) is 13.9. The fourth-order valence-corrected chi connectivity index (χ4v) is 2.42. The number of benzene rings is 2. The van der Waals surface area contributed by atoms with Gasteiger partial charge in [-0.1, -0.05) is 24.3 Å². The number of para-hydroxylation sites is 1. The molecular weight excluding hydrogens is 284 g/mol. The third kappa shape index (κ3) is 2.15. The van der Waals surface area contributed by atoms with Crippen molar-refractivity contribution in [1.82, 2.24) is 4.98 Å². The van der Waals surface area contributed by atoms with E-state index in [-0.39, 0.29) is 5.56 Å². The molecule has 2 aromatic carbocycles. The van der Waals surface area contributed by atoms with Gasteiger partial charge in [-0.15, -0.1) is 0 Å². The minimum atomic E-state index is -4.26. The first-order chi connectivity index (χ1) is 9.91. The Hall–Kier alpha value is -2.08. The van der Waals surface area contributed by atoms with Gasteiger partial charge in [0.15, 0.2) is 0 Å². The quantitative estimate of drug-likeness (QED) is 0.698. The van der Waals surface area contributed by atoms with Crippen LogP contribution in [0.15, 0.2) is 42.5 Å². The molecule has 21 heavy (non-hydrogen) atoms. The second kappa shape index (κ2) is 4.73. The second-order valence-corrected chi connectivity index (χ2v) is 4.93. The third-order valence-electron chi connectivity index (χ3n) is 3.59. The van der Waals surface area contributed by atoms with Gasteiger partial charge < -0.3 is 10.7 Å². The summed E-state index contributed by atoms with van der Waals surface area (Å²) >= 11 is 0. The van der Waals surface area contributed by atoms with E-state index in [4.69, 9.17) is 5.73 Å². The Balaban J connectivity index is 2.14. The average molecular weight is 296 g/mol. The highest BCUT2D eigenvalue weighted by Gasteiger charge is 2.47. The predicted octanol–water partition coefficient (Wildman–Crippen LogP) is 4.22. The van der Waals surface area contributed by atoms with Gasteiger partial charge in [-0.25, -0.2) is 8.78 Å². The number of aromatic nitrogens is 1. The number of halogens is 4. The molecule has 0 amide bonds. The van der Waals surface area contributed by atoms with Crippen molar-refractivity contribution in [2.45, 2.75) is 18.4 Å². The summed E-state index contributed by atoms with van der Waals surface area (Å²) in [4.78, 5) is 3.13. The van der Waals surface area contributed by atoms with Crippen molar-refractivity contribution >= 4 is 21.8 Å². The largest absolute Gasteiger partial charge is 0.355 e. The van der Waals surface area contributed by atoms with Crippen LogP contribution in [0.1, 0.15) is 11.6 Å². The van der Waals surface area contributed by atoms with E-state index in [0.29, 0.717) is 5.39 Å². The Morgan fingerprint density at radius 3 is 2.33 bits per heavy atom. The molecule has 0 fully saturated rings. The number of rotatable bonds is 3. The lowest BCUT2D eigenvalue weighted by Gasteiger charge is -2.23. The van der Waals surface area contributed by atoms with Crippen LogP contribution < -0.4 is 5.73 Å². The fourth-order valence-electron chi connectivity index (χ4n) is 2.42. The van der Waals surface area contributed by atoms with Gasteiger partial charge >= 0.3 is 12.3 Å². The molecule has 0 saturated carbocycles. The van der Waals surface area contributed by atoms with Gasteiger partial charge in [-0.3, -0.25) is 0 Å². The van der Waals surface area contributed by atoms with Crippen molar-refractivity contribution in [2.24, 2.45) is 5.73 Å². The van der Waals surface area contributed by atoms with Crippen molar-refractivity contribution in [3.8, 4) is 0 Å². The number of alkyl halides is 4. The Morgan fingerprint density at radius 2 is 1.62 bits per heavy atom. The summed E-state index contributed by atoms with van der Waals surface area (Å²) in [5.41, 5.74) is 6.91. The summed E-state index contributed by atoms with van der Waals surface area (Å²) in [5.74, 6) is -4.26. The second-order valence-electron chi connectivity index (χ2n) is 4.93. The van der Waals surface area contributed by atoms with Crippen LogP contribution in [0.4, 0.5) is 17.6 Å². The molecule has 1 aromatic heterocycles. The van der Waals surface area contributed by atoms with Crippen LogP contribution in [0.3, 0.4) is 0 Å². The number of fused-ring (bicyclic) bond motifs is 3. The number of hydrogen-bond donors (Lipinski definition) is 2. The molecule has 3 aromatic rings. The van der Waals surface area contributed by atoms with Crippen LogP contribution in [0.2, 0.25) is 0 Å². The summed E-state index contributed by atoms with van der Waals surface area (Å²) in [7, 11) is 0. The first-order valence-electron chi connectivity index (χ1n) is 6.33. The van der Waals surface area contributed by atoms with E-state index < -0.39 is 18.4 Å². The van der Waals surface area contributed by atoms with E-state index in [1.165, 1.54) is 12.1 Å². The molecule has 0 aliphatic heterocycles. The number of nitrogens with two attached hydrogens (primary N) is 1. The van der Waals surface area contributed by atoms with Crippen LogP contribution in [-0.2, 0) is 0 Å². The molecule has 1 unspecified atom stereocenters. The molecule has 0 bridgehead atoms. The molecule has 6 heteroatoms. The lowest BCUT2D eigenvalue weighted by molar-refractivity contribution is -0.144. The zero-order valence-electron chi connectivity index (χ0n) is 10.8. The number of hydrogen-bond acceptors (Lipinski definition) is 1. The van der Waals surface area contributed by atoms with E-state index in [9.17, 15) is 17.6 Å². The number of nitrogens with one attached hydrogen (secondary N) is 1. The van der Waals surface area contributed by atoms with Crippen molar-refractivity contribution in [2.75, 3.05) is 0 Å². The van der Waals surface area contributed by atoms with Crippen LogP contribution in [0.25, 0.3) is 21.8 Å². The van der Waals surface area contributed by atoms with Crippen LogP contribution >= 0.6 is 0 Å². The summed E-state index contributed by atoms with van der Waals surface area (Å²) in [6, 6.07) is 9.65. The lowest BCUT2D eigenvalue weighted by atomic mass is 9.99. The summed E-state index contributed by atoms with van der Waals surface area (Å²) < 4.78 is 51.6. The highest BCUT2D eigenvalue weighted by molar-refractivity contribution is 6.07. The Labute approximate surface area is 117 Å². The highest BCUT2D eigenvalue weighted by Crippen LogP contribution is 2.36. The van der Waals surface area contributed by atoms with Crippen LogP contribution in [0, 0.1) is 0 Å².